The van der Waals surface area contributed by atoms with Gasteiger partial charge in [0.2, 0.25) is 5.91 Å². The second-order valence-corrected chi connectivity index (χ2v) is 8.61. The molecule has 4 aromatic rings. The lowest BCUT2D eigenvalue weighted by atomic mass is 9.81. The first-order chi connectivity index (χ1) is 15.5. The minimum Gasteiger partial charge on any atom is -0.495 e. The van der Waals surface area contributed by atoms with Crippen molar-refractivity contribution in [2.24, 2.45) is 5.92 Å². The van der Waals surface area contributed by atoms with Crippen molar-refractivity contribution in [3.8, 4) is 17.1 Å². The van der Waals surface area contributed by atoms with Gasteiger partial charge in [-0.15, -0.1) is 0 Å². The fourth-order valence-electron chi connectivity index (χ4n) is 4.82. The molecule has 0 spiro atoms. The zero-order valence-corrected chi connectivity index (χ0v) is 18.5. The Bertz CT molecular complexity index is 1300. The monoisotopic (exact) mass is 433 g/mol. The van der Waals surface area contributed by atoms with Crippen molar-refractivity contribution in [1.82, 2.24) is 29.5 Å². The average Bonchev–Trinajstić information content (AvgIpc) is 3.41. The molecule has 1 aliphatic rings. The molecule has 0 atom stereocenters. The van der Waals surface area contributed by atoms with E-state index in [2.05, 4.69) is 15.1 Å². The summed E-state index contributed by atoms with van der Waals surface area (Å²) in [5, 5.41) is 5.51. The van der Waals surface area contributed by atoms with E-state index in [0.29, 0.717) is 11.3 Å². The van der Waals surface area contributed by atoms with Gasteiger partial charge in [-0.2, -0.15) is 5.10 Å². The van der Waals surface area contributed by atoms with Crippen LogP contribution in [0.25, 0.3) is 27.8 Å². The SMILES string of the molecule is COc1cccc2cc(-c3nc([C@H]4CC[C@H](C(=O)N(C)C)CC4)n4ncnc(N)c34)[nH]c12. The van der Waals surface area contributed by atoms with Crippen LogP contribution < -0.4 is 10.5 Å². The molecule has 0 unspecified atom stereocenters. The third kappa shape index (κ3) is 3.24. The standard InChI is InChI=1S/C23H27N7O2/c1-29(2)23(31)14-9-7-13(8-10-14)22-28-19(20-21(24)25-12-26-30(20)22)16-11-15-5-4-6-17(32-3)18(15)27-16/h4-6,11-14,27H,7-10H2,1-3H3,(H2,24,25,26)/t13-,14-. The van der Waals surface area contributed by atoms with Crippen molar-refractivity contribution in [3.63, 3.8) is 0 Å². The number of ether oxygens (including phenoxy) is 1. The van der Waals surface area contributed by atoms with Gasteiger partial charge in [-0.25, -0.2) is 14.5 Å². The van der Waals surface area contributed by atoms with Crippen LogP contribution in [0.2, 0.25) is 0 Å². The van der Waals surface area contributed by atoms with Gasteiger partial charge in [0.05, 0.1) is 18.3 Å². The topological polar surface area (TPSA) is 114 Å². The number of fused-ring (bicyclic) bond motifs is 2. The first-order valence-corrected chi connectivity index (χ1v) is 10.8. The normalized spacial score (nSPS) is 18.8. The van der Waals surface area contributed by atoms with Crippen molar-refractivity contribution in [3.05, 3.63) is 36.4 Å². The molecule has 1 aliphatic carbocycles. The van der Waals surface area contributed by atoms with Crippen LogP contribution in [0, 0.1) is 5.92 Å². The Hall–Kier alpha value is -3.62. The summed E-state index contributed by atoms with van der Waals surface area (Å²) in [5.74, 6) is 2.51. The summed E-state index contributed by atoms with van der Waals surface area (Å²) >= 11 is 0. The predicted molar refractivity (Wildman–Crippen MR) is 122 cm³/mol. The molecular formula is C23H27N7O2. The fraction of sp³-hybridized carbons (Fsp3) is 0.391. The van der Waals surface area contributed by atoms with Gasteiger partial charge in [0.25, 0.3) is 0 Å². The predicted octanol–water partition coefficient (Wildman–Crippen LogP) is 3.23. The number of hydrogen-bond donors (Lipinski definition) is 2. The number of benzene rings is 1. The Balaban J connectivity index is 1.56. The molecule has 1 amide bonds. The number of rotatable bonds is 4. The summed E-state index contributed by atoms with van der Waals surface area (Å²) in [6.07, 6.45) is 4.92. The van der Waals surface area contributed by atoms with E-state index in [0.717, 1.165) is 59.5 Å². The number of hydrogen-bond acceptors (Lipinski definition) is 6. The number of nitrogens with zero attached hydrogens (tertiary/aromatic N) is 5. The lowest BCUT2D eigenvalue weighted by molar-refractivity contribution is -0.134. The van der Waals surface area contributed by atoms with Crippen molar-refractivity contribution in [2.75, 3.05) is 26.9 Å². The molecule has 3 aromatic heterocycles. The smallest absolute Gasteiger partial charge is 0.225 e. The van der Waals surface area contributed by atoms with Gasteiger partial charge in [0.1, 0.15) is 29.1 Å². The van der Waals surface area contributed by atoms with Crippen LogP contribution in [0.1, 0.15) is 37.4 Å². The van der Waals surface area contributed by atoms with Crippen LogP contribution in [-0.2, 0) is 4.79 Å². The van der Waals surface area contributed by atoms with Gasteiger partial charge < -0.3 is 20.4 Å². The second-order valence-electron chi connectivity index (χ2n) is 8.61. The number of aromatic amines is 1. The van der Waals surface area contributed by atoms with E-state index in [1.165, 1.54) is 6.33 Å². The molecule has 0 saturated heterocycles. The highest BCUT2D eigenvalue weighted by Gasteiger charge is 2.31. The van der Waals surface area contributed by atoms with E-state index >= 15 is 0 Å². The summed E-state index contributed by atoms with van der Waals surface area (Å²) in [4.78, 5) is 26.7. The first-order valence-electron chi connectivity index (χ1n) is 10.8. The van der Waals surface area contributed by atoms with Crippen molar-refractivity contribution < 1.29 is 9.53 Å². The molecule has 1 fully saturated rings. The molecule has 9 nitrogen and oxygen atoms in total. The number of amides is 1. The molecule has 1 aromatic carbocycles. The number of aromatic nitrogens is 5. The molecule has 0 radical (unpaired) electrons. The van der Waals surface area contributed by atoms with E-state index in [1.807, 2.05) is 42.9 Å². The number of H-pyrrole nitrogens is 1. The van der Waals surface area contributed by atoms with E-state index < -0.39 is 0 Å². The molecule has 3 heterocycles. The molecular weight excluding hydrogens is 406 g/mol. The Morgan fingerprint density at radius 2 is 2.03 bits per heavy atom. The molecule has 0 bridgehead atoms. The van der Waals surface area contributed by atoms with Crippen molar-refractivity contribution >= 4 is 28.1 Å². The summed E-state index contributed by atoms with van der Waals surface area (Å²) in [6, 6.07) is 7.95. The maximum absolute atomic E-state index is 12.4. The summed E-state index contributed by atoms with van der Waals surface area (Å²) in [6.45, 7) is 0. The van der Waals surface area contributed by atoms with E-state index in [9.17, 15) is 4.79 Å². The maximum Gasteiger partial charge on any atom is 0.225 e. The number of anilines is 1. The maximum atomic E-state index is 12.4. The van der Waals surface area contributed by atoms with Gasteiger partial charge in [0, 0.05) is 31.3 Å². The van der Waals surface area contributed by atoms with E-state index in [-0.39, 0.29) is 17.7 Å². The number of nitrogens with two attached hydrogens (primary N) is 1. The number of nitrogens with one attached hydrogen (secondary N) is 1. The molecule has 0 aliphatic heterocycles. The molecule has 32 heavy (non-hydrogen) atoms. The van der Waals surface area contributed by atoms with E-state index in [4.69, 9.17) is 15.5 Å². The van der Waals surface area contributed by atoms with Crippen LogP contribution in [0.3, 0.4) is 0 Å². The molecule has 166 valence electrons. The minimum absolute atomic E-state index is 0.0767. The number of para-hydroxylation sites is 1. The van der Waals surface area contributed by atoms with Crippen LogP contribution in [-0.4, -0.2) is 56.6 Å². The summed E-state index contributed by atoms with van der Waals surface area (Å²) in [7, 11) is 5.29. The Labute approximate surface area is 185 Å². The highest BCUT2D eigenvalue weighted by Crippen LogP contribution is 2.39. The van der Waals surface area contributed by atoms with Crippen molar-refractivity contribution in [1.29, 1.82) is 0 Å². The van der Waals surface area contributed by atoms with Crippen LogP contribution in [0.4, 0.5) is 5.82 Å². The highest BCUT2D eigenvalue weighted by molar-refractivity contribution is 5.93. The van der Waals surface area contributed by atoms with Crippen LogP contribution in [0.15, 0.2) is 30.6 Å². The highest BCUT2D eigenvalue weighted by atomic mass is 16.5. The molecule has 1 saturated carbocycles. The second kappa shape index (κ2) is 7.81. The number of imidazole rings is 1. The fourth-order valence-corrected chi connectivity index (χ4v) is 4.82. The van der Waals surface area contributed by atoms with Gasteiger partial charge in [-0.3, -0.25) is 4.79 Å². The number of methoxy groups -OCH3 is 1. The number of carbonyl (C=O) groups excluding carboxylic acids is 1. The summed E-state index contributed by atoms with van der Waals surface area (Å²) < 4.78 is 7.32. The Kier molecular flexibility index (Phi) is 4.96. The Morgan fingerprint density at radius 3 is 2.75 bits per heavy atom. The number of nitrogen functional groups attached to an aromatic ring is 1. The van der Waals surface area contributed by atoms with Gasteiger partial charge in [0.15, 0.2) is 5.82 Å². The lowest BCUT2D eigenvalue weighted by Crippen LogP contribution is -2.32. The molecule has 3 N–H and O–H groups in total. The van der Waals surface area contributed by atoms with Gasteiger partial charge in [-0.05, 0) is 37.8 Å². The first kappa shape index (κ1) is 20.3. The minimum atomic E-state index is 0.0767. The quantitative estimate of drug-likeness (QED) is 0.511. The van der Waals surface area contributed by atoms with Crippen LogP contribution in [0.5, 0.6) is 5.75 Å². The molecule has 5 rings (SSSR count). The third-order valence-electron chi connectivity index (χ3n) is 6.46. The van der Waals surface area contributed by atoms with E-state index in [1.54, 1.807) is 12.0 Å². The summed E-state index contributed by atoms with van der Waals surface area (Å²) in [5.41, 5.74) is 9.45. The largest absolute Gasteiger partial charge is 0.495 e. The zero-order valence-electron chi connectivity index (χ0n) is 18.5. The Morgan fingerprint density at radius 1 is 1.25 bits per heavy atom. The van der Waals surface area contributed by atoms with Gasteiger partial charge in [-0.1, -0.05) is 12.1 Å². The third-order valence-corrected chi connectivity index (χ3v) is 6.46. The van der Waals surface area contributed by atoms with Crippen molar-refractivity contribution in [2.45, 2.75) is 31.6 Å². The molecule has 9 heteroatoms. The van der Waals surface area contributed by atoms with Gasteiger partial charge >= 0.3 is 0 Å². The van der Waals surface area contributed by atoms with Crippen LogP contribution >= 0.6 is 0 Å². The zero-order chi connectivity index (χ0) is 22.4. The number of carbonyl (C=O) groups is 1. The lowest BCUT2D eigenvalue weighted by Gasteiger charge is -2.28. The average molecular weight is 434 g/mol.